The summed E-state index contributed by atoms with van der Waals surface area (Å²) in [6.07, 6.45) is 2.95. The van der Waals surface area contributed by atoms with Gasteiger partial charge in [-0.3, -0.25) is 9.69 Å². The zero-order chi connectivity index (χ0) is 21.6. The van der Waals surface area contributed by atoms with E-state index >= 15 is 0 Å². The number of carbonyl (C=O) groups is 1. The van der Waals surface area contributed by atoms with Gasteiger partial charge in [0.15, 0.2) is 0 Å². The highest BCUT2D eigenvalue weighted by atomic mass is 16.5. The van der Waals surface area contributed by atoms with Crippen molar-refractivity contribution in [2.24, 2.45) is 0 Å². The first-order valence-electron chi connectivity index (χ1n) is 10.9. The van der Waals surface area contributed by atoms with Gasteiger partial charge in [0.25, 0.3) is 0 Å². The number of nitrogens with one attached hydrogen (secondary N) is 1. The summed E-state index contributed by atoms with van der Waals surface area (Å²) in [6, 6.07) is 5.87. The minimum absolute atomic E-state index is 0.0231. The number of aromatic nitrogens is 3. The fraction of sp³-hybridized carbons (Fsp3) is 0.591. The Hall–Kier alpha value is -2.65. The van der Waals surface area contributed by atoms with Gasteiger partial charge in [0.1, 0.15) is 29.3 Å². The number of nitrogens with zero attached hydrogens (tertiary/aromatic N) is 4. The molecule has 0 spiro atoms. The average Bonchev–Trinajstić information content (AvgIpc) is 3.42. The molecule has 2 aliphatic heterocycles. The maximum atomic E-state index is 12.1. The summed E-state index contributed by atoms with van der Waals surface area (Å²) in [5.74, 6) is 3.57. The number of methoxy groups -OCH3 is 2. The van der Waals surface area contributed by atoms with E-state index in [4.69, 9.17) is 14.2 Å². The zero-order valence-corrected chi connectivity index (χ0v) is 18.3. The molecule has 3 heterocycles. The summed E-state index contributed by atoms with van der Waals surface area (Å²) in [5, 5.41) is 11.7. The summed E-state index contributed by atoms with van der Waals surface area (Å²) in [6.45, 7) is 4.54. The second-order valence-electron chi connectivity index (χ2n) is 7.89. The van der Waals surface area contributed by atoms with Gasteiger partial charge in [-0.15, -0.1) is 10.2 Å². The van der Waals surface area contributed by atoms with Crippen molar-refractivity contribution in [1.82, 2.24) is 25.0 Å². The highest BCUT2D eigenvalue weighted by molar-refractivity contribution is 5.80. The highest BCUT2D eigenvalue weighted by Crippen LogP contribution is 2.30. The monoisotopic (exact) mass is 429 g/mol. The summed E-state index contributed by atoms with van der Waals surface area (Å²) in [7, 11) is 3.37. The van der Waals surface area contributed by atoms with Gasteiger partial charge >= 0.3 is 0 Å². The number of fused-ring (bicyclic) bond motifs is 1. The van der Waals surface area contributed by atoms with Gasteiger partial charge in [0, 0.05) is 52.2 Å². The molecule has 1 N–H and O–H groups in total. The van der Waals surface area contributed by atoms with Crippen LogP contribution in [0.2, 0.25) is 0 Å². The van der Waals surface area contributed by atoms with E-state index in [0.717, 1.165) is 74.2 Å². The van der Waals surface area contributed by atoms with E-state index in [0.29, 0.717) is 19.6 Å². The van der Waals surface area contributed by atoms with Crippen LogP contribution in [0.5, 0.6) is 11.5 Å². The molecular formula is C22H31N5O4. The smallest absolute Gasteiger partial charge is 0.249 e. The van der Waals surface area contributed by atoms with Crippen molar-refractivity contribution in [2.75, 3.05) is 40.5 Å². The van der Waals surface area contributed by atoms with E-state index in [2.05, 4.69) is 25.0 Å². The molecule has 168 valence electrons. The lowest BCUT2D eigenvalue weighted by atomic mass is 10.1. The second-order valence-corrected chi connectivity index (χ2v) is 7.89. The lowest BCUT2D eigenvalue weighted by Gasteiger charge is -2.22. The topological polar surface area (TPSA) is 90.7 Å². The Morgan fingerprint density at radius 3 is 2.71 bits per heavy atom. The maximum absolute atomic E-state index is 12.1. The molecule has 1 saturated heterocycles. The van der Waals surface area contributed by atoms with Gasteiger partial charge < -0.3 is 24.1 Å². The molecule has 0 bridgehead atoms. The Kier molecular flexibility index (Phi) is 7.03. The summed E-state index contributed by atoms with van der Waals surface area (Å²) >= 11 is 0. The fourth-order valence-electron chi connectivity index (χ4n) is 4.27. The first-order chi connectivity index (χ1) is 15.2. The quantitative estimate of drug-likeness (QED) is 0.674. The first-order valence-corrected chi connectivity index (χ1v) is 10.9. The van der Waals surface area contributed by atoms with E-state index < -0.39 is 0 Å². The number of hydrogen-bond donors (Lipinski definition) is 1. The number of benzene rings is 1. The van der Waals surface area contributed by atoms with Crippen molar-refractivity contribution in [3.63, 3.8) is 0 Å². The number of ether oxygens (including phenoxy) is 3. The van der Waals surface area contributed by atoms with Crippen molar-refractivity contribution in [3.8, 4) is 11.5 Å². The Morgan fingerprint density at radius 2 is 2.00 bits per heavy atom. The molecule has 2 aliphatic rings. The maximum Gasteiger partial charge on any atom is 0.249 e. The molecular weight excluding hydrogens is 398 g/mol. The van der Waals surface area contributed by atoms with Gasteiger partial charge in [-0.1, -0.05) is 6.07 Å². The molecule has 4 rings (SSSR count). The molecule has 31 heavy (non-hydrogen) atoms. The highest BCUT2D eigenvalue weighted by Gasteiger charge is 2.24. The Balaban J connectivity index is 1.34. The molecule has 0 aliphatic carbocycles. The molecule has 9 nitrogen and oxygen atoms in total. The first kappa shape index (κ1) is 21.6. The van der Waals surface area contributed by atoms with Crippen LogP contribution in [0.15, 0.2) is 18.2 Å². The third-order valence-electron chi connectivity index (χ3n) is 5.98. The largest absolute Gasteiger partial charge is 0.496 e. The molecule has 1 aromatic carbocycles. The van der Waals surface area contributed by atoms with Crippen LogP contribution in [0, 0.1) is 0 Å². The van der Waals surface area contributed by atoms with Crippen molar-refractivity contribution in [1.29, 1.82) is 0 Å². The van der Waals surface area contributed by atoms with Crippen molar-refractivity contribution in [2.45, 2.75) is 44.9 Å². The molecule has 1 unspecified atom stereocenters. The molecule has 1 fully saturated rings. The number of amides is 1. The van der Waals surface area contributed by atoms with Gasteiger partial charge in [-0.25, -0.2) is 0 Å². The van der Waals surface area contributed by atoms with E-state index in [9.17, 15) is 4.79 Å². The SMILES string of the molecule is COc1cccc(OC)c1CN1CCc2nnc(CCNC(=O)C3CCCO3)n2CC1. The Labute approximate surface area is 182 Å². The van der Waals surface area contributed by atoms with Crippen LogP contribution in [-0.4, -0.2) is 72.1 Å². The van der Waals surface area contributed by atoms with E-state index in [1.54, 1.807) is 14.2 Å². The number of rotatable bonds is 8. The van der Waals surface area contributed by atoms with Gasteiger partial charge in [0.05, 0.1) is 19.8 Å². The molecule has 2 aromatic rings. The summed E-state index contributed by atoms with van der Waals surface area (Å²) in [5.41, 5.74) is 1.06. The van der Waals surface area contributed by atoms with Gasteiger partial charge in [-0.05, 0) is 25.0 Å². The van der Waals surface area contributed by atoms with Crippen LogP contribution in [-0.2, 0) is 35.5 Å². The third kappa shape index (κ3) is 4.99. The van der Waals surface area contributed by atoms with Crippen molar-refractivity contribution < 1.29 is 19.0 Å². The van der Waals surface area contributed by atoms with Crippen LogP contribution >= 0.6 is 0 Å². The lowest BCUT2D eigenvalue weighted by molar-refractivity contribution is -0.130. The van der Waals surface area contributed by atoms with Crippen LogP contribution in [0.3, 0.4) is 0 Å². The second kappa shape index (κ2) is 10.1. The lowest BCUT2D eigenvalue weighted by Crippen LogP contribution is -2.35. The zero-order valence-electron chi connectivity index (χ0n) is 18.3. The van der Waals surface area contributed by atoms with Gasteiger partial charge in [0.2, 0.25) is 5.91 Å². The Morgan fingerprint density at radius 1 is 1.19 bits per heavy atom. The summed E-state index contributed by atoms with van der Waals surface area (Å²) < 4.78 is 18.7. The van der Waals surface area contributed by atoms with Crippen LogP contribution < -0.4 is 14.8 Å². The normalized spacial score (nSPS) is 19.0. The van der Waals surface area contributed by atoms with Crippen LogP contribution in [0.1, 0.15) is 30.1 Å². The predicted octanol–water partition coefficient (Wildman–Crippen LogP) is 1.19. The summed E-state index contributed by atoms with van der Waals surface area (Å²) in [4.78, 5) is 14.5. The van der Waals surface area contributed by atoms with Crippen LogP contribution in [0.4, 0.5) is 0 Å². The molecule has 1 aromatic heterocycles. The molecule has 0 radical (unpaired) electrons. The third-order valence-corrected chi connectivity index (χ3v) is 5.98. The number of hydrogen-bond acceptors (Lipinski definition) is 7. The number of carbonyl (C=O) groups excluding carboxylic acids is 1. The minimum Gasteiger partial charge on any atom is -0.496 e. The van der Waals surface area contributed by atoms with E-state index in [1.165, 1.54) is 0 Å². The average molecular weight is 430 g/mol. The van der Waals surface area contributed by atoms with E-state index in [1.807, 2.05) is 18.2 Å². The van der Waals surface area contributed by atoms with E-state index in [-0.39, 0.29) is 12.0 Å². The Bertz CT molecular complexity index is 872. The fourth-order valence-corrected chi connectivity index (χ4v) is 4.27. The molecule has 1 amide bonds. The van der Waals surface area contributed by atoms with Crippen molar-refractivity contribution >= 4 is 5.91 Å². The van der Waals surface area contributed by atoms with Crippen molar-refractivity contribution in [3.05, 3.63) is 35.4 Å². The molecule has 1 atom stereocenters. The predicted molar refractivity (Wildman–Crippen MR) is 114 cm³/mol. The molecule has 0 saturated carbocycles. The van der Waals surface area contributed by atoms with Crippen LogP contribution in [0.25, 0.3) is 0 Å². The molecule has 9 heteroatoms. The van der Waals surface area contributed by atoms with Gasteiger partial charge in [-0.2, -0.15) is 0 Å². The standard InChI is InChI=1S/C22H31N5O4/c1-29-17-5-3-6-18(30-2)16(17)15-26-11-9-21-25-24-20(27(21)13-12-26)8-10-23-22(28)19-7-4-14-31-19/h3,5-6,19H,4,7-15H2,1-2H3,(H,23,28). The minimum atomic E-state index is -0.295.